The second-order valence-corrected chi connectivity index (χ2v) is 6.69. The molecule has 3 N–H and O–H groups in total. The van der Waals surface area contributed by atoms with Crippen LogP contribution in [0.4, 0.5) is 9.80 Å². The zero-order valence-corrected chi connectivity index (χ0v) is 12.9. The molecule has 0 fully saturated rings. The lowest BCUT2D eigenvalue weighted by Crippen LogP contribution is -2.35. The number of carbonyl (C=O) groups is 1. The number of anilines is 1. The van der Waals surface area contributed by atoms with Crippen molar-refractivity contribution in [2.45, 2.75) is 19.9 Å². The van der Waals surface area contributed by atoms with Crippen LogP contribution in [-0.2, 0) is 27.9 Å². The number of carbonyl (C=O) groups excluding carboxylic acids is 1. The molecule has 0 saturated heterocycles. The van der Waals surface area contributed by atoms with Crippen molar-refractivity contribution >= 4 is 32.6 Å². The third kappa shape index (κ3) is 3.63. The molecule has 0 unspecified atom stereocenters. The maximum atomic E-state index is 11.8. The molecule has 0 atom stereocenters. The first-order chi connectivity index (χ1) is 9.96. The Labute approximate surface area is 126 Å². The quantitative estimate of drug-likeness (QED) is 0.746. The van der Waals surface area contributed by atoms with Crippen molar-refractivity contribution in [3.63, 3.8) is 0 Å². The predicted molar refractivity (Wildman–Crippen MR) is 77.1 cm³/mol. The molecule has 2 heterocycles. The Morgan fingerprint density at radius 3 is 3.00 bits per heavy atom. The van der Waals surface area contributed by atoms with Crippen molar-refractivity contribution < 1.29 is 17.9 Å². The summed E-state index contributed by atoms with van der Waals surface area (Å²) in [6.07, 6.45) is -0.395. The highest BCUT2D eigenvalue weighted by Crippen LogP contribution is 2.35. The first kappa shape index (κ1) is 15.6. The summed E-state index contributed by atoms with van der Waals surface area (Å²) in [7, 11) is -4.12. The van der Waals surface area contributed by atoms with Crippen LogP contribution in [0.15, 0.2) is 0 Å². The van der Waals surface area contributed by atoms with Crippen LogP contribution >= 0.6 is 11.3 Å². The van der Waals surface area contributed by atoms with E-state index in [0.717, 1.165) is 17.0 Å². The normalized spacial score (nSPS) is 13.9. The van der Waals surface area contributed by atoms with E-state index in [4.69, 9.17) is 0 Å². The van der Waals surface area contributed by atoms with E-state index >= 15 is 0 Å². The molecule has 114 valence electrons. The van der Waals surface area contributed by atoms with Crippen molar-refractivity contribution in [1.82, 2.24) is 10.0 Å². The number of nitrogens with zero attached hydrogens (tertiary/aromatic N) is 1. The van der Waals surface area contributed by atoms with Gasteiger partial charge in [0.2, 0.25) is 0 Å². The molecule has 0 radical (unpaired) electrons. The van der Waals surface area contributed by atoms with Gasteiger partial charge in [0.25, 0.3) is 0 Å². The Balaban J connectivity index is 2.21. The summed E-state index contributed by atoms with van der Waals surface area (Å²) in [5.41, 5.74) is 1.17. The van der Waals surface area contributed by atoms with Crippen molar-refractivity contribution in [2.75, 3.05) is 17.9 Å². The lowest BCUT2D eigenvalue weighted by atomic mass is 10.1. The zero-order chi connectivity index (χ0) is 15.5. The van der Waals surface area contributed by atoms with E-state index in [1.165, 1.54) is 11.3 Å². The minimum atomic E-state index is -4.12. The molecule has 1 aliphatic heterocycles. The molecule has 2 rings (SSSR count). The van der Waals surface area contributed by atoms with Crippen LogP contribution in [0, 0.1) is 11.3 Å². The summed E-state index contributed by atoms with van der Waals surface area (Å²) in [5, 5.41) is 12.6. The molecule has 0 aliphatic carbocycles. The topological polar surface area (TPSA) is 120 Å². The van der Waals surface area contributed by atoms with E-state index < -0.39 is 16.3 Å². The number of nitriles is 1. The summed E-state index contributed by atoms with van der Waals surface area (Å²) in [4.78, 5) is 12.1. The van der Waals surface area contributed by atoms with Gasteiger partial charge in [-0.1, -0.05) is 0 Å². The molecule has 21 heavy (non-hydrogen) atoms. The van der Waals surface area contributed by atoms with Crippen molar-refractivity contribution in [3.05, 3.63) is 16.0 Å². The average molecular weight is 330 g/mol. The maximum Gasteiger partial charge on any atom is 0.422 e. The molecule has 0 bridgehead atoms. The molecule has 0 spiro atoms. The fourth-order valence-electron chi connectivity index (χ4n) is 1.94. The van der Waals surface area contributed by atoms with Gasteiger partial charge in [0.1, 0.15) is 11.1 Å². The number of fused-ring (bicyclic) bond motifs is 1. The summed E-state index contributed by atoms with van der Waals surface area (Å²) in [6.45, 7) is 2.96. The highest BCUT2D eigenvalue weighted by molar-refractivity contribution is 7.91. The van der Waals surface area contributed by atoms with Gasteiger partial charge in [-0.05, 0) is 25.5 Å². The first-order valence-electron chi connectivity index (χ1n) is 6.19. The smallest absolute Gasteiger partial charge is 0.422 e. The summed E-state index contributed by atoms with van der Waals surface area (Å²) in [6, 6.07) is 2.02. The number of nitrogens with one attached hydrogen (secondary N) is 3. The molecular weight excluding hydrogens is 316 g/mol. The number of rotatable bonds is 4. The maximum absolute atomic E-state index is 11.8. The third-order valence-corrected chi connectivity index (χ3v) is 4.94. The lowest BCUT2D eigenvalue weighted by Gasteiger charge is -2.11. The summed E-state index contributed by atoms with van der Waals surface area (Å²) in [5.74, 6) is 0. The first-order valence-corrected chi connectivity index (χ1v) is 8.49. The predicted octanol–water partition coefficient (Wildman–Crippen LogP) is 0.668. The molecule has 1 aliphatic rings. The van der Waals surface area contributed by atoms with Crippen molar-refractivity contribution in [1.29, 1.82) is 5.26 Å². The van der Waals surface area contributed by atoms with Crippen LogP contribution in [0.5, 0.6) is 0 Å². The molecular formula is C11H14N4O4S2. The van der Waals surface area contributed by atoms with Gasteiger partial charge in [-0.2, -0.15) is 13.7 Å². The average Bonchev–Trinajstić information content (AvgIpc) is 2.74. The van der Waals surface area contributed by atoms with Gasteiger partial charge >= 0.3 is 16.3 Å². The fraction of sp³-hybridized carbons (Fsp3) is 0.455. The number of hydrogen-bond acceptors (Lipinski definition) is 7. The number of ether oxygens (including phenoxy) is 1. The van der Waals surface area contributed by atoms with Gasteiger partial charge in [0.15, 0.2) is 0 Å². The molecule has 1 amide bonds. The van der Waals surface area contributed by atoms with Crippen LogP contribution < -0.4 is 14.8 Å². The van der Waals surface area contributed by atoms with Gasteiger partial charge < -0.3 is 10.1 Å². The van der Waals surface area contributed by atoms with E-state index in [-0.39, 0.29) is 11.6 Å². The van der Waals surface area contributed by atoms with E-state index in [9.17, 15) is 18.5 Å². The largest absolute Gasteiger partial charge is 0.449 e. The number of hydrogen-bond donors (Lipinski definition) is 3. The third-order valence-electron chi connectivity index (χ3n) is 2.76. The van der Waals surface area contributed by atoms with Crippen LogP contribution in [-0.4, -0.2) is 27.7 Å². The van der Waals surface area contributed by atoms with Gasteiger partial charge in [-0.25, -0.2) is 9.52 Å². The van der Waals surface area contributed by atoms with Crippen LogP contribution in [0.2, 0.25) is 0 Å². The Morgan fingerprint density at radius 2 is 2.33 bits per heavy atom. The summed E-state index contributed by atoms with van der Waals surface area (Å²) >= 11 is 1.19. The second-order valence-electron chi connectivity index (χ2n) is 4.17. The lowest BCUT2D eigenvalue weighted by molar-refractivity contribution is 0.159. The van der Waals surface area contributed by atoms with E-state index in [0.29, 0.717) is 18.5 Å². The Hall–Kier alpha value is -1.83. The molecule has 0 aromatic carbocycles. The summed E-state index contributed by atoms with van der Waals surface area (Å²) < 4.78 is 32.1. The van der Waals surface area contributed by atoms with E-state index in [2.05, 4.69) is 14.8 Å². The minimum Gasteiger partial charge on any atom is -0.449 e. The SMILES string of the molecule is CCOC(=O)NS(=O)(=O)Nc1sc2c(c1C#N)CCNC2. The highest BCUT2D eigenvalue weighted by Gasteiger charge is 2.24. The van der Waals surface area contributed by atoms with Crippen LogP contribution in [0.25, 0.3) is 0 Å². The van der Waals surface area contributed by atoms with Crippen LogP contribution in [0.1, 0.15) is 22.9 Å². The Morgan fingerprint density at radius 1 is 1.57 bits per heavy atom. The Bertz CT molecular complexity index is 690. The van der Waals surface area contributed by atoms with Gasteiger partial charge in [0.05, 0.1) is 12.2 Å². The zero-order valence-electron chi connectivity index (χ0n) is 11.2. The van der Waals surface area contributed by atoms with E-state index in [1.54, 1.807) is 11.6 Å². The Kier molecular flexibility index (Phi) is 4.66. The van der Waals surface area contributed by atoms with Gasteiger partial charge in [0, 0.05) is 11.4 Å². The number of amides is 1. The second kappa shape index (κ2) is 6.30. The molecule has 8 nitrogen and oxygen atoms in total. The van der Waals surface area contributed by atoms with Gasteiger partial charge in [-0.15, -0.1) is 11.3 Å². The monoisotopic (exact) mass is 330 g/mol. The van der Waals surface area contributed by atoms with E-state index in [1.807, 2.05) is 6.07 Å². The molecule has 0 saturated carbocycles. The van der Waals surface area contributed by atoms with Gasteiger partial charge in [-0.3, -0.25) is 4.72 Å². The standard InChI is InChI=1S/C11H14N4O4S2/c1-2-19-11(16)15-21(17,18)14-10-8(5-12)7-3-4-13-6-9(7)20-10/h13-14H,2-4,6H2,1H3,(H,15,16). The highest BCUT2D eigenvalue weighted by atomic mass is 32.2. The van der Waals surface area contributed by atoms with Crippen LogP contribution in [0.3, 0.4) is 0 Å². The molecule has 1 aromatic heterocycles. The fourth-order valence-corrected chi connectivity index (χ4v) is 4.13. The van der Waals surface area contributed by atoms with Crippen molar-refractivity contribution in [3.8, 4) is 6.07 Å². The minimum absolute atomic E-state index is 0.0593. The molecule has 10 heteroatoms. The number of thiophene rings is 1. The van der Waals surface area contributed by atoms with Crippen molar-refractivity contribution in [2.24, 2.45) is 0 Å². The molecule has 1 aromatic rings.